The molecular weight excluding hydrogens is 364 g/mol. The van der Waals surface area contributed by atoms with Gasteiger partial charge in [0.1, 0.15) is 18.1 Å². The van der Waals surface area contributed by atoms with Gasteiger partial charge in [-0.1, -0.05) is 30.3 Å². The Morgan fingerprint density at radius 2 is 1.96 bits per heavy atom. The highest BCUT2D eigenvalue weighted by molar-refractivity contribution is 7.20. The van der Waals surface area contributed by atoms with Gasteiger partial charge < -0.3 is 19.7 Å². The van der Waals surface area contributed by atoms with E-state index in [0.717, 1.165) is 23.5 Å². The smallest absolute Gasteiger partial charge is 0.341 e. The summed E-state index contributed by atoms with van der Waals surface area (Å²) in [5.41, 5.74) is 1.40. The van der Waals surface area contributed by atoms with Crippen LogP contribution in [0.5, 0.6) is 0 Å². The predicted octanol–water partition coefficient (Wildman–Crippen LogP) is 1.83. The van der Waals surface area contributed by atoms with Gasteiger partial charge in [-0.15, -0.1) is 11.3 Å². The number of hydrogen-bond acceptors (Lipinski definition) is 5. The quantitative estimate of drug-likeness (QED) is 0.740. The average Bonchev–Trinajstić information content (AvgIpc) is 3.13. The van der Waals surface area contributed by atoms with Crippen molar-refractivity contribution in [1.29, 1.82) is 0 Å². The number of nitrogens with one attached hydrogen (secondary N) is 2. The van der Waals surface area contributed by atoms with Crippen molar-refractivity contribution >= 4 is 28.2 Å². The maximum Gasteiger partial charge on any atom is 0.341 e. The molecule has 1 aliphatic heterocycles. The molecule has 7 heteroatoms. The van der Waals surface area contributed by atoms with Crippen LogP contribution in [0.15, 0.2) is 36.4 Å². The number of rotatable bonds is 6. The number of carbonyl (C=O) groups is 2. The lowest BCUT2D eigenvalue weighted by Gasteiger charge is -2.28. The SMILES string of the molecule is CCOC(=O)c1cc(-c2ccccc2)sc1NC(=O)[C@@H](C)[NH+]1CCOCC1. The lowest BCUT2D eigenvalue weighted by Crippen LogP contribution is -3.18. The van der Waals surface area contributed by atoms with Crippen LogP contribution in [0.25, 0.3) is 10.4 Å². The molecule has 2 N–H and O–H groups in total. The number of benzene rings is 1. The number of hydrogen-bond donors (Lipinski definition) is 2. The molecule has 1 aromatic heterocycles. The molecule has 1 amide bonds. The molecule has 0 spiro atoms. The van der Waals surface area contributed by atoms with E-state index in [2.05, 4.69) is 5.32 Å². The van der Waals surface area contributed by atoms with Crippen LogP contribution in [0, 0.1) is 0 Å². The molecule has 0 radical (unpaired) electrons. The Kier molecular flexibility index (Phi) is 6.60. The van der Waals surface area contributed by atoms with Crippen molar-refractivity contribution < 1.29 is 24.0 Å². The molecule has 6 nitrogen and oxygen atoms in total. The standard InChI is InChI=1S/C20H24N2O4S/c1-3-26-20(24)16-13-17(15-7-5-4-6-8-15)27-19(16)21-18(23)14(2)22-9-11-25-12-10-22/h4-8,13-14H,3,9-12H2,1-2H3,(H,21,23)/p+1/t14-/m1/s1. The van der Waals surface area contributed by atoms with Gasteiger partial charge in [-0.2, -0.15) is 0 Å². The number of carbonyl (C=O) groups excluding carboxylic acids is 2. The van der Waals surface area contributed by atoms with Crippen LogP contribution in [-0.2, 0) is 14.3 Å². The van der Waals surface area contributed by atoms with E-state index >= 15 is 0 Å². The second-order valence-electron chi connectivity index (χ2n) is 6.42. The van der Waals surface area contributed by atoms with Gasteiger partial charge in [0.15, 0.2) is 6.04 Å². The molecule has 0 unspecified atom stereocenters. The summed E-state index contributed by atoms with van der Waals surface area (Å²) >= 11 is 1.39. The second-order valence-corrected chi connectivity index (χ2v) is 7.47. The Morgan fingerprint density at radius 1 is 1.26 bits per heavy atom. The van der Waals surface area contributed by atoms with E-state index in [1.807, 2.05) is 37.3 Å². The van der Waals surface area contributed by atoms with Crippen molar-refractivity contribution in [1.82, 2.24) is 0 Å². The molecular formula is C20H25N2O4S+. The van der Waals surface area contributed by atoms with Gasteiger partial charge in [0.2, 0.25) is 0 Å². The molecule has 27 heavy (non-hydrogen) atoms. The van der Waals surface area contributed by atoms with Crippen molar-refractivity contribution in [2.24, 2.45) is 0 Å². The monoisotopic (exact) mass is 389 g/mol. The molecule has 1 saturated heterocycles. The van der Waals surface area contributed by atoms with E-state index in [-0.39, 0.29) is 18.6 Å². The van der Waals surface area contributed by atoms with E-state index < -0.39 is 5.97 Å². The maximum atomic E-state index is 12.8. The first-order valence-corrected chi connectivity index (χ1v) is 10.0. The van der Waals surface area contributed by atoms with Crippen LogP contribution < -0.4 is 10.2 Å². The van der Waals surface area contributed by atoms with Crippen LogP contribution in [0.4, 0.5) is 5.00 Å². The fourth-order valence-corrected chi connectivity index (χ4v) is 4.12. The van der Waals surface area contributed by atoms with Crippen molar-refractivity contribution in [2.45, 2.75) is 19.9 Å². The first-order valence-electron chi connectivity index (χ1n) is 9.19. The summed E-state index contributed by atoms with van der Waals surface area (Å²) in [5.74, 6) is -0.517. The minimum atomic E-state index is -0.419. The molecule has 2 aromatic rings. The van der Waals surface area contributed by atoms with Crippen LogP contribution in [0.1, 0.15) is 24.2 Å². The first kappa shape index (κ1) is 19.5. The maximum absolute atomic E-state index is 12.8. The molecule has 2 heterocycles. The molecule has 1 fully saturated rings. The van der Waals surface area contributed by atoms with Crippen molar-refractivity contribution in [3.8, 4) is 10.4 Å². The number of esters is 1. The van der Waals surface area contributed by atoms with Crippen molar-refractivity contribution in [3.63, 3.8) is 0 Å². The highest BCUT2D eigenvalue weighted by Crippen LogP contribution is 2.36. The minimum Gasteiger partial charge on any atom is -0.462 e. The molecule has 0 aliphatic carbocycles. The van der Waals surface area contributed by atoms with Gasteiger partial charge in [0.05, 0.1) is 25.4 Å². The van der Waals surface area contributed by atoms with Crippen molar-refractivity contribution in [2.75, 3.05) is 38.2 Å². The van der Waals surface area contributed by atoms with E-state index in [4.69, 9.17) is 9.47 Å². The van der Waals surface area contributed by atoms with Gasteiger partial charge in [-0.25, -0.2) is 4.79 Å². The topological polar surface area (TPSA) is 69.1 Å². The number of amides is 1. The Morgan fingerprint density at radius 3 is 2.63 bits per heavy atom. The Labute approximate surface area is 163 Å². The fraction of sp³-hybridized carbons (Fsp3) is 0.400. The molecule has 1 aromatic carbocycles. The van der Waals surface area contributed by atoms with Crippen molar-refractivity contribution in [3.05, 3.63) is 42.0 Å². The Hall–Kier alpha value is -2.22. The number of thiophene rings is 1. The Balaban J connectivity index is 1.82. The third-order valence-electron chi connectivity index (χ3n) is 4.66. The molecule has 0 saturated carbocycles. The average molecular weight is 389 g/mol. The molecule has 0 bridgehead atoms. The zero-order chi connectivity index (χ0) is 19.2. The van der Waals surface area contributed by atoms with Crippen LogP contribution in [0.3, 0.4) is 0 Å². The van der Waals surface area contributed by atoms with Gasteiger partial charge in [0, 0.05) is 4.88 Å². The number of quaternary nitrogens is 1. The normalized spacial score (nSPS) is 15.9. The summed E-state index contributed by atoms with van der Waals surface area (Å²) in [6, 6.07) is 11.4. The summed E-state index contributed by atoms with van der Waals surface area (Å²) in [4.78, 5) is 27.3. The lowest BCUT2D eigenvalue weighted by molar-refractivity contribution is -0.921. The largest absolute Gasteiger partial charge is 0.462 e. The van der Waals surface area contributed by atoms with Gasteiger partial charge >= 0.3 is 5.97 Å². The Bertz CT molecular complexity index is 785. The minimum absolute atomic E-state index is 0.0982. The molecule has 1 atom stereocenters. The fourth-order valence-electron chi connectivity index (χ4n) is 3.06. The highest BCUT2D eigenvalue weighted by Gasteiger charge is 2.29. The van der Waals surface area contributed by atoms with E-state index in [1.165, 1.54) is 16.2 Å². The van der Waals surface area contributed by atoms with Crippen LogP contribution in [0.2, 0.25) is 0 Å². The third-order valence-corrected chi connectivity index (χ3v) is 5.76. The van der Waals surface area contributed by atoms with Crippen LogP contribution in [-0.4, -0.2) is 50.8 Å². The van der Waals surface area contributed by atoms with E-state index in [9.17, 15) is 9.59 Å². The summed E-state index contributed by atoms with van der Waals surface area (Å²) in [6.07, 6.45) is 0. The molecule has 1 aliphatic rings. The zero-order valence-electron chi connectivity index (χ0n) is 15.6. The number of morpholine rings is 1. The summed E-state index contributed by atoms with van der Waals surface area (Å²) in [6.45, 7) is 6.90. The zero-order valence-corrected chi connectivity index (χ0v) is 16.4. The van der Waals surface area contributed by atoms with Gasteiger partial charge in [-0.3, -0.25) is 4.79 Å². The van der Waals surface area contributed by atoms with Crippen LogP contribution >= 0.6 is 11.3 Å². The summed E-state index contributed by atoms with van der Waals surface area (Å²) in [7, 11) is 0. The molecule has 144 valence electrons. The lowest BCUT2D eigenvalue weighted by atomic mass is 10.1. The molecule has 3 rings (SSSR count). The first-order chi connectivity index (χ1) is 13.1. The van der Waals surface area contributed by atoms with E-state index in [1.54, 1.807) is 13.0 Å². The van der Waals surface area contributed by atoms with E-state index in [0.29, 0.717) is 23.8 Å². The number of ether oxygens (including phenoxy) is 2. The number of anilines is 1. The summed E-state index contributed by atoms with van der Waals surface area (Å²) in [5, 5.41) is 3.49. The third kappa shape index (κ3) is 4.74. The summed E-state index contributed by atoms with van der Waals surface area (Å²) < 4.78 is 10.5. The van der Waals surface area contributed by atoms with Gasteiger partial charge in [0.25, 0.3) is 5.91 Å². The predicted molar refractivity (Wildman–Crippen MR) is 105 cm³/mol. The second kappa shape index (κ2) is 9.12. The highest BCUT2D eigenvalue weighted by atomic mass is 32.1. The van der Waals surface area contributed by atoms with Gasteiger partial charge in [-0.05, 0) is 25.5 Å².